The molecule has 4 heteroatoms. The van der Waals surface area contributed by atoms with Crippen LogP contribution < -0.4 is 15.2 Å². The fourth-order valence-corrected chi connectivity index (χ4v) is 2.51. The minimum absolute atomic E-state index is 0.0930. The molecule has 1 aromatic carbocycles. The first-order chi connectivity index (χ1) is 9.70. The summed E-state index contributed by atoms with van der Waals surface area (Å²) in [7, 11) is 1.66. The zero-order chi connectivity index (χ0) is 14.4. The second-order valence-electron chi connectivity index (χ2n) is 5.43. The normalized spacial score (nSPS) is 20.4. The highest BCUT2D eigenvalue weighted by atomic mass is 16.5. The van der Waals surface area contributed by atoms with Crippen LogP contribution in [-0.2, 0) is 11.2 Å². The molecule has 0 radical (unpaired) electrons. The summed E-state index contributed by atoms with van der Waals surface area (Å²) in [5.74, 6) is 1.57. The SMILES string of the molecule is COc1cccc(CC(C)N)c1OCC1CCCCO1. The van der Waals surface area contributed by atoms with E-state index in [1.807, 2.05) is 25.1 Å². The summed E-state index contributed by atoms with van der Waals surface area (Å²) in [6.45, 7) is 3.41. The molecule has 0 aliphatic carbocycles. The van der Waals surface area contributed by atoms with E-state index < -0.39 is 0 Å². The van der Waals surface area contributed by atoms with Gasteiger partial charge in [0.05, 0.1) is 13.2 Å². The lowest BCUT2D eigenvalue weighted by molar-refractivity contribution is -0.0116. The monoisotopic (exact) mass is 279 g/mol. The van der Waals surface area contributed by atoms with Crippen LogP contribution in [0.2, 0.25) is 0 Å². The number of methoxy groups -OCH3 is 1. The smallest absolute Gasteiger partial charge is 0.164 e. The Morgan fingerprint density at radius 2 is 2.25 bits per heavy atom. The van der Waals surface area contributed by atoms with Gasteiger partial charge in [0.25, 0.3) is 0 Å². The maximum Gasteiger partial charge on any atom is 0.164 e. The number of ether oxygens (including phenoxy) is 3. The van der Waals surface area contributed by atoms with Gasteiger partial charge in [0.15, 0.2) is 11.5 Å². The average Bonchev–Trinajstić information content (AvgIpc) is 2.46. The molecular weight excluding hydrogens is 254 g/mol. The summed E-state index contributed by atoms with van der Waals surface area (Å²) in [5.41, 5.74) is 7.00. The summed E-state index contributed by atoms with van der Waals surface area (Å²) in [6, 6.07) is 6.03. The Hall–Kier alpha value is -1.26. The van der Waals surface area contributed by atoms with Crippen LogP contribution in [0.25, 0.3) is 0 Å². The Morgan fingerprint density at radius 1 is 1.40 bits per heavy atom. The van der Waals surface area contributed by atoms with Crippen molar-refractivity contribution in [2.24, 2.45) is 5.73 Å². The molecule has 0 aromatic heterocycles. The fraction of sp³-hybridized carbons (Fsp3) is 0.625. The summed E-state index contributed by atoms with van der Waals surface area (Å²) in [6.07, 6.45) is 4.40. The molecule has 1 fully saturated rings. The molecule has 1 aromatic rings. The first kappa shape index (κ1) is 15.1. The van der Waals surface area contributed by atoms with Crippen molar-refractivity contribution in [3.05, 3.63) is 23.8 Å². The van der Waals surface area contributed by atoms with Gasteiger partial charge in [0.2, 0.25) is 0 Å². The van der Waals surface area contributed by atoms with Gasteiger partial charge in [-0.2, -0.15) is 0 Å². The molecule has 2 atom stereocenters. The van der Waals surface area contributed by atoms with Gasteiger partial charge in [0.1, 0.15) is 6.61 Å². The Morgan fingerprint density at radius 3 is 2.90 bits per heavy atom. The van der Waals surface area contributed by atoms with Crippen LogP contribution >= 0.6 is 0 Å². The largest absolute Gasteiger partial charge is 0.493 e. The van der Waals surface area contributed by atoms with E-state index in [9.17, 15) is 0 Å². The van der Waals surface area contributed by atoms with Crippen LogP contribution in [0, 0.1) is 0 Å². The number of rotatable bonds is 6. The lowest BCUT2D eigenvalue weighted by Gasteiger charge is -2.24. The molecule has 0 saturated carbocycles. The van der Waals surface area contributed by atoms with Gasteiger partial charge in [-0.25, -0.2) is 0 Å². The fourth-order valence-electron chi connectivity index (χ4n) is 2.51. The third-order valence-electron chi connectivity index (χ3n) is 3.51. The van der Waals surface area contributed by atoms with E-state index in [1.165, 1.54) is 6.42 Å². The van der Waals surface area contributed by atoms with Gasteiger partial charge < -0.3 is 19.9 Å². The second-order valence-corrected chi connectivity index (χ2v) is 5.43. The third-order valence-corrected chi connectivity index (χ3v) is 3.51. The van der Waals surface area contributed by atoms with Crippen LogP contribution in [0.5, 0.6) is 11.5 Å². The van der Waals surface area contributed by atoms with Crippen LogP contribution in [0.4, 0.5) is 0 Å². The number of hydrogen-bond acceptors (Lipinski definition) is 4. The Bertz CT molecular complexity index is 414. The number of benzene rings is 1. The predicted octanol–water partition coefficient (Wildman–Crippen LogP) is 2.53. The Balaban J connectivity index is 2.06. The Labute approximate surface area is 121 Å². The maximum atomic E-state index is 5.99. The van der Waals surface area contributed by atoms with Crippen LogP contribution in [0.3, 0.4) is 0 Å². The zero-order valence-corrected chi connectivity index (χ0v) is 12.4. The standard InChI is InChI=1S/C16H25NO3/c1-12(17)10-13-6-5-8-15(18-2)16(13)20-11-14-7-3-4-9-19-14/h5-6,8,12,14H,3-4,7,9-11,17H2,1-2H3. The molecule has 112 valence electrons. The van der Waals surface area contributed by atoms with Crippen molar-refractivity contribution in [2.45, 2.75) is 44.8 Å². The van der Waals surface area contributed by atoms with Crippen molar-refractivity contribution < 1.29 is 14.2 Å². The molecule has 0 spiro atoms. The van der Waals surface area contributed by atoms with Crippen molar-refractivity contribution >= 4 is 0 Å². The van der Waals surface area contributed by atoms with Crippen molar-refractivity contribution in [1.29, 1.82) is 0 Å². The number of hydrogen-bond donors (Lipinski definition) is 1. The van der Waals surface area contributed by atoms with E-state index in [-0.39, 0.29) is 12.1 Å². The molecule has 1 saturated heterocycles. The molecule has 2 N–H and O–H groups in total. The van der Waals surface area contributed by atoms with E-state index in [1.54, 1.807) is 7.11 Å². The summed E-state index contributed by atoms with van der Waals surface area (Å²) in [5, 5.41) is 0. The molecule has 1 heterocycles. The maximum absolute atomic E-state index is 5.99. The summed E-state index contributed by atoms with van der Waals surface area (Å²) < 4.78 is 17.1. The lowest BCUT2D eigenvalue weighted by Crippen LogP contribution is -2.26. The molecular formula is C16H25NO3. The minimum atomic E-state index is 0.0930. The van der Waals surface area contributed by atoms with Gasteiger partial charge in [0, 0.05) is 12.6 Å². The average molecular weight is 279 g/mol. The molecule has 20 heavy (non-hydrogen) atoms. The van der Waals surface area contributed by atoms with Gasteiger partial charge >= 0.3 is 0 Å². The highest BCUT2D eigenvalue weighted by Gasteiger charge is 2.17. The van der Waals surface area contributed by atoms with Gasteiger partial charge in [-0.3, -0.25) is 0 Å². The molecule has 1 aliphatic heterocycles. The lowest BCUT2D eigenvalue weighted by atomic mass is 10.1. The number of nitrogens with two attached hydrogens (primary N) is 1. The van der Waals surface area contributed by atoms with E-state index >= 15 is 0 Å². The Kier molecular flexibility index (Phi) is 5.68. The van der Waals surface area contributed by atoms with E-state index in [0.717, 1.165) is 42.9 Å². The summed E-state index contributed by atoms with van der Waals surface area (Å²) in [4.78, 5) is 0. The van der Waals surface area contributed by atoms with E-state index in [0.29, 0.717) is 6.61 Å². The third kappa shape index (κ3) is 4.12. The first-order valence-corrected chi connectivity index (χ1v) is 7.36. The van der Waals surface area contributed by atoms with Gasteiger partial charge in [-0.15, -0.1) is 0 Å². The molecule has 2 unspecified atom stereocenters. The highest BCUT2D eigenvalue weighted by Crippen LogP contribution is 2.32. The topological polar surface area (TPSA) is 53.7 Å². The summed E-state index contributed by atoms with van der Waals surface area (Å²) >= 11 is 0. The zero-order valence-electron chi connectivity index (χ0n) is 12.4. The molecule has 2 rings (SSSR count). The minimum Gasteiger partial charge on any atom is -0.493 e. The van der Waals surface area contributed by atoms with Crippen molar-refractivity contribution in [1.82, 2.24) is 0 Å². The quantitative estimate of drug-likeness (QED) is 0.869. The highest BCUT2D eigenvalue weighted by molar-refractivity contribution is 5.47. The van der Waals surface area contributed by atoms with Crippen LogP contribution in [0.15, 0.2) is 18.2 Å². The van der Waals surface area contributed by atoms with E-state index in [2.05, 4.69) is 0 Å². The van der Waals surface area contributed by atoms with Crippen molar-refractivity contribution in [3.8, 4) is 11.5 Å². The first-order valence-electron chi connectivity index (χ1n) is 7.36. The van der Waals surface area contributed by atoms with Crippen LogP contribution in [0.1, 0.15) is 31.7 Å². The predicted molar refractivity (Wildman–Crippen MR) is 79.4 cm³/mol. The van der Waals surface area contributed by atoms with Crippen molar-refractivity contribution in [3.63, 3.8) is 0 Å². The molecule has 0 bridgehead atoms. The molecule has 1 aliphatic rings. The van der Waals surface area contributed by atoms with Crippen molar-refractivity contribution in [2.75, 3.05) is 20.3 Å². The van der Waals surface area contributed by atoms with Gasteiger partial charge in [-0.1, -0.05) is 12.1 Å². The second kappa shape index (κ2) is 7.50. The van der Waals surface area contributed by atoms with Gasteiger partial charge in [-0.05, 0) is 44.2 Å². The molecule has 4 nitrogen and oxygen atoms in total. The van der Waals surface area contributed by atoms with Crippen LogP contribution in [-0.4, -0.2) is 32.5 Å². The number of para-hydroxylation sites is 1. The molecule has 0 amide bonds. The van der Waals surface area contributed by atoms with E-state index in [4.69, 9.17) is 19.9 Å².